The van der Waals surface area contributed by atoms with E-state index in [1.165, 1.54) is 29.2 Å². The molecular formula is C22H24N4O3S. The normalized spacial score (nSPS) is 14.2. The third-order valence-electron chi connectivity index (χ3n) is 5.19. The van der Waals surface area contributed by atoms with Crippen molar-refractivity contribution < 1.29 is 14.0 Å². The monoisotopic (exact) mass is 424 g/mol. The van der Waals surface area contributed by atoms with Crippen LogP contribution in [0.2, 0.25) is 0 Å². The second-order valence-electron chi connectivity index (χ2n) is 7.31. The molecule has 0 unspecified atom stereocenters. The van der Waals surface area contributed by atoms with Crippen molar-refractivity contribution in [2.75, 3.05) is 31.9 Å². The minimum Gasteiger partial charge on any atom is -0.459 e. The van der Waals surface area contributed by atoms with Crippen LogP contribution >= 0.6 is 11.8 Å². The number of hydrogen-bond donors (Lipinski definition) is 0. The van der Waals surface area contributed by atoms with E-state index in [1.54, 1.807) is 23.2 Å². The molecule has 2 amide bonds. The molecule has 0 aliphatic carbocycles. The number of nitrogens with zero attached hydrogens (tertiary/aromatic N) is 4. The zero-order valence-electron chi connectivity index (χ0n) is 17.1. The quantitative estimate of drug-likeness (QED) is 0.589. The molecule has 0 radical (unpaired) electrons. The smallest absolute Gasteiger partial charge is 0.289 e. The number of piperazine rings is 1. The van der Waals surface area contributed by atoms with E-state index < -0.39 is 0 Å². The van der Waals surface area contributed by atoms with Crippen LogP contribution in [0, 0.1) is 13.8 Å². The minimum atomic E-state index is -0.128. The molecule has 7 nitrogen and oxygen atoms in total. The minimum absolute atomic E-state index is 0.0558. The van der Waals surface area contributed by atoms with Crippen LogP contribution in [0.4, 0.5) is 0 Å². The lowest BCUT2D eigenvalue weighted by Gasteiger charge is -2.34. The van der Waals surface area contributed by atoms with Gasteiger partial charge in [-0.1, -0.05) is 29.5 Å². The summed E-state index contributed by atoms with van der Waals surface area (Å²) < 4.78 is 7.20. The standard InChI is InChI=1S/C22H24N4O3S/c1-16-5-6-18(17(2)14-16)26-8-7-23-22(26)30-15-20(27)24-9-11-25(12-10-24)21(28)19-4-3-13-29-19/h3-8,13-14H,9-12,15H2,1-2H3. The van der Waals surface area contributed by atoms with E-state index in [0.29, 0.717) is 37.7 Å². The van der Waals surface area contributed by atoms with Gasteiger partial charge in [0.15, 0.2) is 10.9 Å². The largest absolute Gasteiger partial charge is 0.459 e. The van der Waals surface area contributed by atoms with Crippen molar-refractivity contribution >= 4 is 23.6 Å². The maximum Gasteiger partial charge on any atom is 0.289 e. The first-order valence-electron chi connectivity index (χ1n) is 9.87. The molecule has 0 saturated carbocycles. The van der Waals surface area contributed by atoms with E-state index in [0.717, 1.165) is 10.8 Å². The number of hydrogen-bond acceptors (Lipinski definition) is 5. The number of carbonyl (C=O) groups is 2. The maximum atomic E-state index is 12.7. The third kappa shape index (κ3) is 4.28. The highest BCUT2D eigenvalue weighted by Crippen LogP contribution is 2.24. The van der Waals surface area contributed by atoms with Crippen molar-refractivity contribution in [1.82, 2.24) is 19.4 Å². The summed E-state index contributed by atoms with van der Waals surface area (Å²) in [5.41, 5.74) is 3.45. The molecular weight excluding hydrogens is 400 g/mol. The molecule has 30 heavy (non-hydrogen) atoms. The number of thioether (sulfide) groups is 1. The molecule has 0 bridgehead atoms. The average Bonchev–Trinajstić information content (AvgIpc) is 3.44. The summed E-state index contributed by atoms with van der Waals surface area (Å²) in [5.74, 6) is 0.578. The first-order valence-corrected chi connectivity index (χ1v) is 10.9. The SMILES string of the molecule is Cc1ccc(-n2ccnc2SCC(=O)N2CCN(C(=O)c3ccco3)CC2)c(C)c1. The van der Waals surface area contributed by atoms with Gasteiger partial charge in [0.05, 0.1) is 17.7 Å². The Hall–Kier alpha value is -3.00. The number of aryl methyl sites for hydroxylation is 2. The van der Waals surface area contributed by atoms with Crippen LogP contribution in [0.5, 0.6) is 0 Å². The van der Waals surface area contributed by atoms with E-state index in [1.807, 2.05) is 15.7 Å². The van der Waals surface area contributed by atoms with Crippen molar-refractivity contribution in [3.63, 3.8) is 0 Å². The molecule has 3 heterocycles. The number of furan rings is 1. The van der Waals surface area contributed by atoms with Gasteiger partial charge in [-0.25, -0.2) is 4.98 Å². The summed E-state index contributed by atoms with van der Waals surface area (Å²) in [6, 6.07) is 9.65. The van der Waals surface area contributed by atoms with Crippen LogP contribution in [0.15, 0.2) is 58.6 Å². The molecule has 4 rings (SSSR count). The fraction of sp³-hybridized carbons (Fsp3) is 0.318. The van der Waals surface area contributed by atoms with Gasteiger partial charge in [0.2, 0.25) is 5.91 Å². The first kappa shape index (κ1) is 20.3. The van der Waals surface area contributed by atoms with Gasteiger partial charge >= 0.3 is 0 Å². The molecule has 1 fully saturated rings. The van der Waals surface area contributed by atoms with Crippen molar-refractivity contribution in [3.8, 4) is 5.69 Å². The Morgan fingerprint density at radius 1 is 1.10 bits per heavy atom. The Morgan fingerprint density at radius 2 is 1.87 bits per heavy atom. The predicted molar refractivity (Wildman–Crippen MR) is 115 cm³/mol. The van der Waals surface area contributed by atoms with Gasteiger partial charge in [0, 0.05) is 38.6 Å². The number of amides is 2. The summed E-state index contributed by atoms with van der Waals surface area (Å²) in [6.45, 7) is 6.21. The van der Waals surface area contributed by atoms with E-state index in [4.69, 9.17) is 4.42 Å². The number of carbonyl (C=O) groups excluding carboxylic acids is 2. The van der Waals surface area contributed by atoms with E-state index in [9.17, 15) is 9.59 Å². The van der Waals surface area contributed by atoms with Crippen molar-refractivity contribution in [3.05, 3.63) is 65.9 Å². The number of aromatic nitrogens is 2. The van der Waals surface area contributed by atoms with Gasteiger partial charge in [0.25, 0.3) is 5.91 Å². The second kappa shape index (κ2) is 8.79. The Labute approximate surface area is 179 Å². The van der Waals surface area contributed by atoms with Crippen LogP contribution in [0.1, 0.15) is 21.7 Å². The Kier molecular flexibility index (Phi) is 5.94. The van der Waals surface area contributed by atoms with Crippen molar-refractivity contribution in [2.24, 2.45) is 0 Å². The van der Waals surface area contributed by atoms with Crippen LogP contribution in [0.25, 0.3) is 5.69 Å². The van der Waals surface area contributed by atoms with Gasteiger partial charge in [-0.05, 0) is 37.6 Å². The fourth-order valence-electron chi connectivity index (χ4n) is 3.59. The zero-order valence-corrected chi connectivity index (χ0v) is 17.9. The lowest BCUT2D eigenvalue weighted by molar-refractivity contribution is -0.129. The molecule has 1 aliphatic heterocycles. The Morgan fingerprint density at radius 3 is 2.57 bits per heavy atom. The average molecular weight is 425 g/mol. The zero-order chi connectivity index (χ0) is 21.1. The molecule has 2 aromatic heterocycles. The highest BCUT2D eigenvalue weighted by molar-refractivity contribution is 7.99. The van der Waals surface area contributed by atoms with Crippen LogP contribution in [-0.2, 0) is 4.79 Å². The van der Waals surface area contributed by atoms with E-state index in [-0.39, 0.29) is 11.8 Å². The number of imidazole rings is 1. The summed E-state index contributed by atoms with van der Waals surface area (Å²) in [7, 11) is 0. The van der Waals surface area contributed by atoms with Crippen molar-refractivity contribution in [1.29, 1.82) is 0 Å². The summed E-state index contributed by atoms with van der Waals surface area (Å²) >= 11 is 1.43. The Balaban J connectivity index is 1.33. The lowest BCUT2D eigenvalue weighted by Crippen LogP contribution is -2.51. The van der Waals surface area contributed by atoms with Gasteiger partial charge in [0.1, 0.15) is 0 Å². The van der Waals surface area contributed by atoms with Crippen LogP contribution < -0.4 is 0 Å². The van der Waals surface area contributed by atoms with Gasteiger partial charge < -0.3 is 14.2 Å². The second-order valence-corrected chi connectivity index (χ2v) is 8.25. The first-order chi connectivity index (χ1) is 14.5. The lowest BCUT2D eigenvalue weighted by atomic mass is 10.1. The van der Waals surface area contributed by atoms with Crippen LogP contribution in [0.3, 0.4) is 0 Å². The molecule has 8 heteroatoms. The molecule has 1 aliphatic rings. The van der Waals surface area contributed by atoms with Gasteiger partial charge in [-0.15, -0.1) is 0 Å². The molecule has 0 atom stereocenters. The third-order valence-corrected chi connectivity index (χ3v) is 6.15. The highest BCUT2D eigenvalue weighted by atomic mass is 32.2. The van der Waals surface area contributed by atoms with Crippen molar-refractivity contribution in [2.45, 2.75) is 19.0 Å². The topological polar surface area (TPSA) is 71.6 Å². The summed E-state index contributed by atoms with van der Waals surface area (Å²) in [5, 5.41) is 0.793. The summed E-state index contributed by atoms with van der Waals surface area (Å²) in [4.78, 5) is 33.0. The molecule has 0 spiro atoms. The predicted octanol–water partition coefficient (Wildman–Crippen LogP) is 3.16. The maximum absolute atomic E-state index is 12.7. The summed E-state index contributed by atoms with van der Waals surface area (Å²) in [6.07, 6.45) is 5.17. The number of benzene rings is 1. The van der Waals surface area contributed by atoms with Gasteiger partial charge in [-0.3, -0.25) is 14.2 Å². The highest BCUT2D eigenvalue weighted by Gasteiger charge is 2.26. The number of rotatable bonds is 5. The molecule has 156 valence electrons. The molecule has 1 aromatic carbocycles. The fourth-order valence-corrected chi connectivity index (χ4v) is 4.46. The van der Waals surface area contributed by atoms with E-state index >= 15 is 0 Å². The van der Waals surface area contributed by atoms with Crippen LogP contribution in [-0.4, -0.2) is 63.1 Å². The molecule has 0 N–H and O–H groups in total. The Bertz CT molecular complexity index is 1040. The molecule has 3 aromatic rings. The van der Waals surface area contributed by atoms with Gasteiger partial charge in [-0.2, -0.15) is 0 Å². The molecule has 1 saturated heterocycles. The van der Waals surface area contributed by atoms with E-state index in [2.05, 4.69) is 37.0 Å².